The fourth-order valence-electron chi connectivity index (χ4n) is 2.94. The maximum atomic E-state index is 13.0. The van der Waals surface area contributed by atoms with Crippen LogP contribution in [0, 0.1) is 5.82 Å². The van der Waals surface area contributed by atoms with Crippen LogP contribution in [0.1, 0.15) is 23.7 Å². The number of carbonyl (C=O) groups is 3. The van der Waals surface area contributed by atoms with Gasteiger partial charge >= 0.3 is 0 Å². The highest BCUT2D eigenvalue weighted by atomic mass is 35.5. The molecule has 1 saturated heterocycles. The standard InChI is InChI=1S/C20H18ClFN4O3S/c1-2-25-19(29)16(11-17(27)23-15-9-7-14(22)8-10-15)26(20(25)30)24-18(28)12-3-5-13(21)6-4-12/h3-10,16H,2,11H2,1H3,(H,23,27)(H,24,28)/t16-/m1/s1. The molecule has 1 aliphatic rings. The fraction of sp³-hybridized carbons (Fsp3) is 0.200. The second-order valence-corrected chi connectivity index (χ2v) is 7.26. The molecule has 3 rings (SSSR count). The zero-order valence-corrected chi connectivity index (χ0v) is 17.5. The number of halogens is 2. The molecule has 0 aliphatic carbocycles. The smallest absolute Gasteiger partial charge is 0.269 e. The van der Waals surface area contributed by atoms with Gasteiger partial charge in [-0.15, -0.1) is 0 Å². The SMILES string of the molecule is CCN1C(=O)[C@@H](CC(=O)Nc2ccc(F)cc2)N(NC(=O)c2ccc(Cl)cc2)C1=S. The number of anilines is 1. The molecule has 0 saturated carbocycles. The van der Waals surface area contributed by atoms with E-state index < -0.39 is 29.6 Å². The highest BCUT2D eigenvalue weighted by Crippen LogP contribution is 2.20. The number of nitrogens with zero attached hydrogens (tertiary/aromatic N) is 2. The maximum absolute atomic E-state index is 13.0. The van der Waals surface area contributed by atoms with Gasteiger partial charge in [-0.25, -0.2) is 9.40 Å². The van der Waals surface area contributed by atoms with Gasteiger partial charge in [0.1, 0.15) is 11.9 Å². The Morgan fingerprint density at radius 3 is 2.37 bits per heavy atom. The number of benzene rings is 2. The van der Waals surface area contributed by atoms with Gasteiger partial charge in [-0.05, 0) is 67.7 Å². The molecular weight excluding hydrogens is 431 g/mol. The largest absolute Gasteiger partial charge is 0.326 e. The number of hydrogen-bond donors (Lipinski definition) is 2. The van der Waals surface area contributed by atoms with Crippen molar-refractivity contribution in [2.24, 2.45) is 0 Å². The molecule has 2 aromatic rings. The molecule has 1 fully saturated rings. The second-order valence-electron chi connectivity index (χ2n) is 6.46. The van der Waals surface area contributed by atoms with Gasteiger partial charge in [-0.2, -0.15) is 0 Å². The van der Waals surface area contributed by atoms with Crippen molar-refractivity contribution in [1.82, 2.24) is 15.3 Å². The summed E-state index contributed by atoms with van der Waals surface area (Å²) >= 11 is 11.2. The molecule has 0 radical (unpaired) electrons. The quantitative estimate of drug-likeness (QED) is 0.664. The monoisotopic (exact) mass is 448 g/mol. The molecule has 7 nitrogen and oxygen atoms in total. The average molecular weight is 449 g/mol. The summed E-state index contributed by atoms with van der Waals surface area (Å²) in [7, 11) is 0. The summed E-state index contributed by atoms with van der Waals surface area (Å²) in [5, 5.41) is 4.41. The van der Waals surface area contributed by atoms with E-state index in [0.717, 1.165) is 0 Å². The second kappa shape index (κ2) is 9.19. The molecule has 2 aromatic carbocycles. The van der Waals surface area contributed by atoms with Gasteiger partial charge in [0, 0.05) is 22.8 Å². The Morgan fingerprint density at radius 2 is 1.77 bits per heavy atom. The van der Waals surface area contributed by atoms with E-state index in [1.165, 1.54) is 46.3 Å². The molecule has 1 atom stereocenters. The van der Waals surface area contributed by atoms with E-state index in [9.17, 15) is 18.8 Å². The van der Waals surface area contributed by atoms with E-state index in [0.29, 0.717) is 22.8 Å². The number of thiocarbonyl (C=S) groups is 1. The van der Waals surface area contributed by atoms with Gasteiger partial charge in [-0.3, -0.25) is 24.7 Å². The third-order valence-electron chi connectivity index (χ3n) is 4.45. The molecule has 1 heterocycles. The van der Waals surface area contributed by atoms with Crippen molar-refractivity contribution in [3.8, 4) is 0 Å². The van der Waals surface area contributed by atoms with E-state index in [1.54, 1.807) is 19.1 Å². The van der Waals surface area contributed by atoms with Crippen LogP contribution in [0.5, 0.6) is 0 Å². The number of nitrogens with one attached hydrogen (secondary N) is 2. The summed E-state index contributed by atoms with van der Waals surface area (Å²) in [4.78, 5) is 39.1. The average Bonchev–Trinajstić information content (AvgIpc) is 2.93. The fourth-order valence-corrected chi connectivity index (χ4v) is 3.46. The topological polar surface area (TPSA) is 81.8 Å². The molecular formula is C20H18ClFN4O3S. The van der Waals surface area contributed by atoms with E-state index in [-0.39, 0.29) is 11.5 Å². The number of likely N-dealkylation sites (N-methyl/N-ethyl adjacent to an activating group) is 1. The summed E-state index contributed by atoms with van der Waals surface area (Å²) in [6, 6.07) is 10.4. The lowest BCUT2D eigenvalue weighted by atomic mass is 10.1. The molecule has 0 spiro atoms. The lowest BCUT2D eigenvalue weighted by Gasteiger charge is -2.24. The number of rotatable bonds is 6. The third-order valence-corrected chi connectivity index (χ3v) is 5.12. The summed E-state index contributed by atoms with van der Waals surface area (Å²) in [5.74, 6) is -1.80. The summed E-state index contributed by atoms with van der Waals surface area (Å²) in [6.07, 6.45) is -0.256. The van der Waals surface area contributed by atoms with Crippen molar-refractivity contribution in [2.45, 2.75) is 19.4 Å². The molecule has 0 bridgehead atoms. The maximum Gasteiger partial charge on any atom is 0.269 e. The van der Waals surface area contributed by atoms with Crippen molar-refractivity contribution < 1.29 is 18.8 Å². The first-order valence-electron chi connectivity index (χ1n) is 9.06. The molecule has 1 aliphatic heterocycles. The Labute approximate surface area is 182 Å². The van der Waals surface area contributed by atoms with Gasteiger partial charge in [0.15, 0.2) is 5.11 Å². The first-order valence-corrected chi connectivity index (χ1v) is 9.85. The third kappa shape index (κ3) is 4.74. The van der Waals surface area contributed by atoms with Crippen molar-refractivity contribution in [2.75, 3.05) is 11.9 Å². The molecule has 2 N–H and O–H groups in total. The zero-order chi connectivity index (χ0) is 21.8. The van der Waals surface area contributed by atoms with Crippen LogP contribution < -0.4 is 10.7 Å². The Balaban J connectivity index is 1.75. The minimum Gasteiger partial charge on any atom is -0.326 e. The Bertz CT molecular complexity index is 985. The molecule has 3 amide bonds. The Morgan fingerprint density at radius 1 is 1.13 bits per heavy atom. The molecule has 10 heteroatoms. The predicted molar refractivity (Wildman–Crippen MR) is 114 cm³/mol. The van der Waals surface area contributed by atoms with Crippen LogP contribution in [0.4, 0.5) is 10.1 Å². The lowest BCUT2D eigenvalue weighted by molar-refractivity contribution is -0.130. The highest BCUT2D eigenvalue weighted by molar-refractivity contribution is 7.80. The molecule has 156 valence electrons. The van der Waals surface area contributed by atoms with Crippen LogP contribution in [0.3, 0.4) is 0 Å². The minimum atomic E-state index is -1.01. The number of carbonyl (C=O) groups excluding carboxylic acids is 3. The normalized spacial score (nSPS) is 16.0. The minimum absolute atomic E-state index is 0.101. The summed E-state index contributed by atoms with van der Waals surface area (Å²) < 4.78 is 13.0. The molecule has 30 heavy (non-hydrogen) atoms. The number of hydrogen-bond acceptors (Lipinski definition) is 4. The highest BCUT2D eigenvalue weighted by Gasteiger charge is 2.43. The van der Waals surface area contributed by atoms with Crippen LogP contribution in [-0.2, 0) is 9.59 Å². The first kappa shape index (κ1) is 21.7. The van der Waals surface area contributed by atoms with Crippen molar-refractivity contribution >= 4 is 52.3 Å². The van der Waals surface area contributed by atoms with Gasteiger partial charge in [0.2, 0.25) is 5.91 Å². The zero-order valence-electron chi connectivity index (χ0n) is 15.9. The molecule has 0 unspecified atom stereocenters. The van der Waals surface area contributed by atoms with Crippen molar-refractivity contribution in [3.05, 3.63) is 64.9 Å². The van der Waals surface area contributed by atoms with E-state index in [2.05, 4.69) is 10.7 Å². The van der Waals surface area contributed by atoms with Gasteiger partial charge in [-0.1, -0.05) is 11.6 Å². The summed E-state index contributed by atoms with van der Waals surface area (Å²) in [5.41, 5.74) is 3.31. The molecule has 0 aromatic heterocycles. The number of hydrazine groups is 1. The number of amides is 3. The Kier molecular flexibility index (Phi) is 6.63. The van der Waals surface area contributed by atoms with E-state index >= 15 is 0 Å². The van der Waals surface area contributed by atoms with Crippen LogP contribution in [0.2, 0.25) is 5.02 Å². The summed E-state index contributed by atoms with van der Waals surface area (Å²) in [6.45, 7) is 2.03. The predicted octanol–water partition coefficient (Wildman–Crippen LogP) is 2.97. The van der Waals surface area contributed by atoms with Crippen LogP contribution >= 0.6 is 23.8 Å². The van der Waals surface area contributed by atoms with Gasteiger partial charge in [0.25, 0.3) is 11.8 Å². The van der Waals surface area contributed by atoms with Crippen LogP contribution in [0.25, 0.3) is 0 Å². The van der Waals surface area contributed by atoms with Crippen molar-refractivity contribution in [3.63, 3.8) is 0 Å². The van der Waals surface area contributed by atoms with Crippen LogP contribution in [-0.4, -0.2) is 45.3 Å². The van der Waals surface area contributed by atoms with Crippen LogP contribution in [0.15, 0.2) is 48.5 Å². The van der Waals surface area contributed by atoms with Gasteiger partial charge in [0.05, 0.1) is 6.42 Å². The van der Waals surface area contributed by atoms with E-state index in [1.807, 2.05) is 0 Å². The first-order chi connectivity index (χ1) is 14.3. The van der Waals surface area contributed by atoms with Gasteiger partial charge < -0.3 is 5.32 Å². The lowest BCUT2D eigenvalue weighted by Crippen LogP contribution is -2.49. The van der Waals surface area contributed by atoms with Crippen molar-refractivity contribution in [1.29, 1.82) is 0 Å². The Hall–Kier alpha value is -3.04. The van der Waals surface area contributed by atoms with E-state index in [4.69, 9.17) is 23.8 Å².